The van der Waals surface area contributed by atoms with Crippen LogP contribution in [0.25, 0.3) is 11.6 Å². The highest BCUT2D eigenvalue weighted by Gasteiger charge is 2.34. The number of ether oxygens (including phenoxy) is 1. The Kier molecular flexibility index (Phi) is 4.60. The molecular weight excluding hydrogens is 358 g/mol. The number of benzene rings is 2. The van der Waals surface area contributed by atoms with Crippen LogP contribution in [-0.4, -0.2) is 23.8 Å². The van der Waals surface area contributed by atoms with Gasteiger partial charge in [0.1, 0.15) is 5.75 Å². The summed E-state index contributed by atoms with van der Waals surface area (Å²) in [6, 6.07) is 16.6. The zero-order valence-electron chi connectivity index (χ0n) is 14.7. The molecule has 1 aromatic heterocycles. The van der Waals surface area contributed by atoms with E-state index in [1.165, 1.54) is 4.90 Å². The van der Waals surface area contributed by atoms with Crippen molar-refractivity contribution in [3.05, 3.63) is 87.6 Å². The van der Waals surface area contributed by atoms with Crippen LogP contribution < -0.4 is 4.74 Å². The average molecular weight is 375 g/mol. The van der Waals surface area contributed by atoms with Gasteiger partial charge in [0.15, 0.2) is 0 Å². The Morgan fingerprint density at radius 3 is 2.37 bits per heavy atom. The van der Waals surface area contributed by atoms with Crippen molar-refractivity contribution in [2.75, 3.05) is 7.11 Å². The number of carbonyl (C=O) groups is 2. The van der Waals surface area contributed by atoms with Crippen molar-refractivity contribution in [2.24, 2.45) is 0 Å². The van der Waals surface area contributed by atoms with Crippen LogP contribution in [0.1, 0.15) is 27.0 Å². The first-order valence-electron chi connectivity index (χ1n) is 8.50. The summed E-state index contributed by atoms with van der Waals surface area (Å²) < 4.78 is 5.17. The van der Waals surface area contributed by atoms with Gasteiger partial charge in [0, 0.05) is 11.1 Å². The fourth-order valence-corrected chi connectivity index (χ4v) is 3.74. The standard InChI is InChI=1S/C22H17NO3S/c1-26-17-8-6-15(7-9-17)13-23-21(24)19-5-3-2-4-18(19)20(22(23)25)12-16-10-11-27-14-16/h2-12,14H,13H2,1H3. The molecule has 2 heterocycles. The van der Waals surface area contributed by atoms with Crippen LogP contribution >= 0.6 is 11.3 Å². The lowest BCUT2D eigenvalue weighted by molar-refractivity contribution is -0.123. The van der Waals surface area contributed by atoms with Gasteiger partial charge < -0.3 is 4.74 Å². The van der Waals surface area contributed by atoms with E-state index in [0.717, 1.165) is 16.9 Å². The number of nitrogens with zero attached hydrogens (tertiary/aromatic N) is 1. The second-order valence-corrected chi connectivity index (χ2v) is 6.98. The summed E-state index contributed by atoms with van der Waals surface area (Å²) in [7, 11) is 1.60. The van der Waals surface area contributed by atoms with Crippen LogP contribution in [-0.2, 0) is 11.3 Å². The van der Waals surface area contributed by atoms with E-state index >= 15 is 0 Å². The molecule has 5 heteroatoms. The van der Waals surface area contributed by atoms with Gasteiger partial charge in [0.25, 0.3) is 11.8 Å². The van der Waals surface area contributed by atoms with E-state index in [0.29, 0.717) is 16.7 Å². The van der Waals surface area contributed by atoms with Crippen molar-refractivity contribution in [3.8, 4) is 5.75 Å². The molecular formula is C22H17NO3S. The summed E-state index contributed by atoms with van der Waals surface area (Å²) in [4.78, 5) is 27.4. The van der Waals surface area contributed by atoms with Gasteiger partial charge in [-0.05, 0) is 57.8 Å². The Morgan fingerprint density at radius 2 is 1.70 bits per heavy atom. The molecule has 0 spiro atoms. The van der Waals surface area contributed by atoms with E-state index in [1.54, 1.807) is 24.5 Å². The topological polar surface area (TPSA) is 46.6 Å². The van der Waals surface area contributed by atoms with E-state index in [1.807, 2.05) is 65.4 Å². The van der Waals surface area contributed by atoms with Crippen molar-refractivity contribution in [3.63, 3.8) is 0 Å². The van der Waals surface area contributed by atoms with Crippen molar-refractivity contribution >= 4 is 34.8 Å². The molecule has 1 aliphatic rings. The van der Waals surface area contributed by atoms with Gasteiger partial charge in [-0.1, -0.05) is 30.3 Å². The quantitative estimate of drug-likeness (QED) is 0.499. The van der Waals surface area contributed by atoms with Gasteiger partial charge in [0.05, 0.1) is 13.7 Å². The highest BCUT2D eigenvalue weighted by Crippen LogP contribution is 2.31. The molecule has 2 aromatic carbocycles. The number of hydrogen-bond donors (Lipinski definition) is 0. The van der Waals surface area contributed by atoms with E-state index < -0.39 is 0 Å². The first-order chi connectivity index (χ1) is 13.2. The third kappa shape index (κ3) is 3.29. The summed E-state index contributed by atoms with van der Waals surface area (Å²) >= 11 is 1.57. The third-order valence-corrected chi connectivity index (χ3v) is 5.22. The zero-order chi connectivity index (χ0) is 18.8. The van der Waals surface area contributed by atoms with Gasteiger partial charge >= 0.3 is 0 Å². The zero-order valence-corrected chi connectivity index (χ0v) is 15.5. The Hall–Kier alpha value is -3.18. The average Bonchev–Trinajstić information content (AvgIpc) is 3.22. The number of imide groups is 1. The number of carbonyl (C=O) groups excluding carboxylic acids is 2. The highest BCUT2D eigenvalue weighted by molar-refractivity contribution is 7.08. The number of amides is 2. The molecule has 0 radical (unpaired) electrons. The number of rotatable bonds is 4. The first kappa shape index (κ1) is 17.2. The van der Waals surface area contributed by atoms with Crippen LogP contribution in [0.15, 0.2) is 65.4 Å². The minimum atomic E-state index is -0.277. The summed E-state index contributed by atoms with van der Waals surface area (Å²) in [5.41, 5.74) is 3.59. The lowest BCUT2D eigenvalue weighted by atomic mass is 9.92. The fourth-order valence-electron chi connectivity index (χ4n) is 3.12. The van der Waals surface area contributed by atoms with E-state index in [9.17, 15) is 9.59 Å². The smallest absolute Gasteiger partial charge is 0.261 e. The second-order valence-electron chi connectivity index (χ2n) is 6.20. The minimum Gasteiger partial charge on any atom is -0.497 e. The van der Waals surface area contributed by atoms with E-state index in [4.69, 9.17) is 4.74 Å². The molecule has 0 atom stereocenters. The number of methoxy groups -OCH3 is 1. The molecule has 0 N–H and O–H groups in total. The SMILES string of the molecule is COc1ccc(CN2C(=O)C(=Cc3ccsc3)c3ccccc3C2=O)cc1. The molecule has 0 unspecified atom stereocenters. The summed E-state index contributed by atoms with van der Waals surface area (Å²) in [5.74, 6) is 0.188. The summed E-state index contributed by atoms with van der Waals surface area (Å²) in [5, 5.41) is 3.94. The molecule has 0 bridgehead atoms. The van der Waals surface area contributed by atoms with Gasteiger partial charge in [-0.3, -0.25) is 14.5 Å². The fraction of sp³-hybridized carbons (Fsp3) is 0.0909. The molecule has 1 aliphatic heterocycles. The molecule has 3 aromatic rings. The van der Waals surface area contributed by atoms with Crippen molar-refractivity contribution in [1.29, 1.82) is 0 Å². The lowest BCUT2D eigenvalue weighted by Crippen LogP contribution is -2.41. The van der Waals surface area contributed by atoms with E-state index in [-0.39, 0.29) is 18.4 Å². The molecule has 0 saturated carbocycles. The lowest BCUT2D eigenvalue weighted by Gasteiger charge is -2.28. The molecule has 0 saturated heterocycles. The van der Waals surface area contributed by atoms with Crippen molar-refractivity contribution in [2.45, 2.75) is 6.54 Å². The monoisotopic (exact) mass is 375 g/mol. The number of thiophene rings is 1. The van der Waals surface area contributed by atoms with Gasteiger partial charge in [-0.25, -0.2) is 0 Å². The predicted molar refractivity (Wildman–Crippen MR) is 107 cm³/mol. The molecule has 27 heavy (non-hydrogen) atoms. The van der Waals surface area contributed by atoms with Gasteiger partial charge in [-0.15, -0.1) is 0 Å². The van der Waals surface area contributed by atoms with Gasteiger partial charge in [-0.2, -0.15) is 11.3 Å². The predicted octanol–water partition coefficient (Wildman–Crippen LogP) is 4.48. The number of fused-ring (bicyclic) bond motifs is 1. The number of hydrogen-bond acceptors (Lipinski definition) is 4. The molecule has 0 aliphatic carbocycles. The maximum atomic E-state index is 13.2. The minimum absolute atomic E-state index is 0.219. The molecule has 134 valence electrons. The Labute approximate surface area is 161 Å². The molecule has 4 nitrogen and oxygen atoms in total. The van der Waals surface area contributed by atoms with Crippen molar-refractivity contribution in [1.82, 2.24) is 4.90 Å². The van der Waals surface area contributed by atoms with Crippen LogP contribution in [0.2, 0.25) is 0 Å². The molecule has 2 amide bonds. The first-order valence-corrected chi connectivity index (χ1v) is 9.44. The molecule has 4 rings (SSSR count). The van der Waals surface area contributed by atoms with Crippen LogP contribution in [0.5, 0.6) is 5.75 Å². The van der Waals surface area contributed by atoms with E-state index in [2.05, 4.69) is 0 Å². The maximum Gasteiger partial charge on any atom is 0.261 e. The maximum absolute atomic E-state index is 13.2. The summed E-state index contributed by atoms with van der Waals surface area (Å²) in [6.45, 7) is 0.219. The Bertz CT molecular complexity index is 1020. The second kappa shape index (κ2) is 7.21. The van der Waals surface area contributed by atoms with Gasteiger partial charge in [0.2, 0.25) is 0 Å². The highest BCUT2D eigenvalue weighted by atomic mass is 32.1. The summed E-state index contributed by atoms with van der Waals surface area (Å²) in [6.07, 6.45) is 1.85. The normalized spacial score (nSPS) is 15.1. The van der Waals surface area contributed by atoms with Crippen LogP contribution in [0, 0.1) is 0 Å². The Balaban J connectivity index is 1.74. The molecule has 0 fully saturated rings. The Morgan fingerprint density at radius 1 is 0.963 bits per heavy atom. The van der Waals surface area contributed by atoms with Crippen LogP contribution in [0.4, 0.5) is 0 Å². The van der Waals surface area contributed by atoms with Crippen molar-refractivity contribution < 1.29 is 14.3 Å². The third-order valence-electron chi connectivity index (χ3n) is 4.52. The van der Waals surface area contributed by atoms with Crippen LogP contribution in [0.3, 0.4) is 0 Å². The largest absolute Gasteiger partial charge is 0.497 e.